The first-order valence-corrected chi connectivity index (χ1v) is 9.84. The molecule has 3 aromatic rings. The molecule has 0 saturated carbocycles. The topological polar surface area (TPSA) is 88.2 Å². The van der Waals surface area contributed by atoms with E-state index in [1.165, 1.54) is 0 Å². The highest BCUT2D eigenvalue weighted by atomic mass is 35.5. The summed E-state index contributed by atoms with van der Waals surface area (Å²) in [5, 5.41) is 14.3. The van der Waals surface area contributed by atoms with Crippen LogP contribution in [0.2, 0.25) is 5.02 Å². The van der Waals surface area contributed by atoms with Crippen LogP contribution in [-0.4, -0.2) is 41.2 Å². The Bertz CT molecular complexity index is 907. The molecule has 7 nitrogen and oxygen atoms in total. The molecular weight excluding hydrogens is 384 g/mol. The van der Waals surface area contributed by atoms with Crippen molar-refractivity contribution in [1.82, 2.24) is 25.8 Å². The molecule has 9 heteroatoms. The maximum absolute atomic E-state index is 6.00. The third-order valence-electron chi connectivity index (χ3n) is 3.75. The molecule has 0 bridgehead atoms. The summed E-state index contributed by atoms with van der Waals surface area (Å²) >= 11 is 7.66. The van der Waals surface area contributed by atoms with Crippen LogP contribution in [0.4, 0.5) is 0 Å². The van der Waals surface area contributed by atoms with E-state index in [1.54, 1.807) is 18.4 Å². The Kier molecular flexibility index (Phi) is 6.78. The summed E-state index contributed by atoms with van der Waals surface area (Å²) in [5.74, 6) is 1.83. The number of aromatic nitrogens is 3. The number of rotatable bonds is 7. The van der Waals surface area contributed by atoms with Crippen molar-refractivity contribution in [3.63, 3.8) is 0 Å². The van der Waals surface area contributed by atoms with Gasteiger partial charge in [-0.1, -0.05) is 28.9 Å². The van der Waals surface area contributed by atoms with Gasteiger partial charge in [0, 0.05) is 48.9 Å². The van der Waals surface area contributed by atoms with Crippen molar-refractivity contribution in [2.45, 2.75) is 19.8 Å². The molecule has 27 heavy (non-hydrogen) atoms. The van der Waals surface area contributed by atoms with Gasteiger partial charge in [-0.2, -0.15) is 4.98 Å². The van der Waals surface area contributed by atoms with Gasteiger partial charge in [0.2, 0.25) is 11.7 Å². The maximum atomic E-state index is 6.00. The Morgan fingerprint density at radius 1 is 1.22 bits per heavy atom. The zero-order valence-electron chi connectivity index (χ0n) is 15.2. The number of nitrogens with zero attached hydrogens (tertiary/aromatic N) is 4. The number of thiazole rings is 1. The van der Waals surface area contributed by atoms with Crippen LogP contribution in [0, 0.1) is 6.92 Å². The fourth-order valence-corrected chi connectivity index (χ4v) is 3.28. The molecule has 3 rings (SSSR count). The lowest BCUT2D eigenvalue weighted by atomic mass is 10.2. The number of benzene rings is 1. The zero-order valence-corrected chi connectivity index (χ0v) is 16.8. The number of halogens is 1. The molecule has 0 amide bonds. The van der Waals surface area contributed by atoms with Crippen molar-refractivity contribution in [3.05, 3.63) is 51.3 Å². The molecule has 142 valence electrons. The standard InChI is InChI=1S/C18H21ClN6OS/c1-12-23-15(11-27-12)6-8-21-18(20-2)22-9-7-16-24-17(25-26-16)13-4-3-5-14(19)10-13/h3-5,10-11H,6-9H2,1-2H3,(H2,20,21,22). The molecule has 2 heterocycles. The van der Waals surface area contributed by atoms with Crippen LogP contribution < -0.4 is 10.6 Å². The summed E-state index contributed by atoms with van der Waals surface area (Å²) < 4.78 is 5.30. The van der Waals surface area contributed by atoms with Gasteiger partial charge >= 0.3 is 0 Å². The molecule has 0 atom stereocenters. The summed E-state index contributed by atoms with van der Waals surface area (Å²) in [6.45, 7) is 3.41. The molecule has 0 saturated heterocycles. The van der Waals surface area contributed by atoms with Gasteiger partial charge in [0.15, 0.2) is 5.96 Å². The predicted molar refractivity (Wildman–Crippen MR) is 108 cm³/mol. The summed E-state index contributed by atoms with van der Waals surface area (Å²) in [6, 6.07) is 7.38. The first-order valence-electron chi connectivity index (χ1n) is 8.58. The third-order valence-corrected chi connectivity index (χ3v) is 4.80. The fourth-order valence-electron chi connectivity index (χ4n) is 2.44. The van der Waals surface area contributed by atoms with Gasteiger partial charge in [-0.25, -0.2) is 4.98 Å². The molecule has 0 aliphatic heterocycles. The lowest BCUT2D eigenvalue weighted by Gasteiger charge is -2.10. The highest BCUT2D eigenvalue weighted by Crippen LogP contribution is 2.19. The summed E-state index contributed by atoms with van der Waals surface area (Å²) in [7, 11) is 1.74. The van der Waals surface area contributed by atoms with Crippen molar-refractivity contribution < 1.29 is 4.52 Å². The van der Waals surface area contributed by atoms with Gasteiger partial charge in [-0.3, -0.25) is 4.99 Å². The third kappa shape index (κ3) is 5.77. The normalized spacial score (nSPS) is 11.6. The predicted octanol–water partition coefficient (Wildman–Crippen LogP) is 3.11. The van der Waals surface area contributed by atoms with E-state index in [4.69, 9.17) is 16.1 Å². The second-order valence-electron chi connectivity index (χ2n) is 5.81. The highest BCUT2D eigenvalue weighted by Gasteiger charge is 2.09. The number of nitrogens with one attached hydrogen (secondary N) is 2. The first kappa shape index (κ1) is 19.3. The first-order chi connectivity index (χ1) is 13.1. The van der Waals surface area contributed by atoms with E-state index < -0.39 is 0 Å². The van der Waals surface area contributed by atoms with E-state index in [2.05, 4.69) is 36.1 Å². The molecular formula is C18H21ClN6OS. The second-order valence-corrected chi connectivity index (χ2v) is 7.30. The van der Waals surface area contributed by atoms with Crippen LogP contribution in [-0.2, 0) is 12.8 Å². The number of hydrogen-bond acceptors (Lipinski definition) is 6. The molecule has 0 unspecified atom stereocenters. The van der Waals surface area contributed by atoms with E-state index in [-0.39, 0.29) is 0 Å². The smallest absolute Gasteiger partial charge is 0.228 e. The van der Waals surface area contributed by atoms with Gasteiger partial charge in [0.25, 0.3) is 0 Å². The second kappa shape index (κ2) is 9.48. The number of hydrogen-bond donors (Lipinski definition) is 2. The van der Waals surface area contributed by atoms with Gasteiger partial charge < -0.3 is 15.2 Å². The van der Waals surface area contributed by atoms with Crippen LogP contribution in [0.15, 0.2) is 39.2 Å². The van der Waals surface area contributed by atoms with E-state index in [9.17, 15) is 0 Å². The van der Waals surface area contributed by atoms with Crippen LogP contribution in [0.3, 0.4) is 0 Å². The Labute approximate surface area is 166 Å². The molecule has 2 aromatic heterocycles. The molecule has 0 fully saturated rings. The fraction of sp³-hybridized carbons (Fsp3) is 0.333. The van der Waals surface area contributed by atoms with Gasteiger partial charge in [0.05, 0.1) is 10.7 Å². The lowest BCUT2D eigenvalue weighted by molar-refractivity contribution is 0.378. The monoisotopic (exact) mass is 404 g/mol. The molecule has 1 aromatic carbocycles. The van der Waals surface area contributed by atoms with E-state index in [0.29, 0.717) is 29.7 Å². The zero-order chi connectivity index (χ0) is 19.1. The Hall–Kier alpha value is -2.45. The van der Waals surface area contributed by atoms with Crippen LogP contribution in [0.25, 0.3) is 11.4 Å². The van der Waals surface area contributed by atoms with Gasteiger partial charge in [0.1, 0.15) is 0 Å². The van der Waals surface area contributed by atoms with Crippen LogP contribution in [0.1, 0.15) is 16.6 Å². The van der Waals surface area contributed by atoms with Crippen molar-refractivity contribution in [2.75, 3.05) is 20.1 Å². The van der Waals surface area contributed by atoms with Crippen LogP contribution >= 0.6 is 22.9 Å². The highest BCUT2D eigenvalue weighted by molar-refractivity contribution is 7.09. The minimum Gasteiger partial charge on any atom is -0.356 e. The van der Waals surface area contributed by atoms with E-state index >= 15 is 0 Å². The molecule has 0 aliphatic rings. The number of aliphatic imine (C=N–C) groups is 1. The van der Waals surface area contributed by atoms with E-state index in [0.717, 1.165) is 35.2 Å². The van der Waals surface area contributed by atoms with E-state index in [1.807, 2.05) is 31.2 Å². The SMILES string of the molecule is CN=C(NCCc1csc(C)n1)NCCc1nc(-c2cccc(Cl)c2)no1. The van der Waals surface area contributed by atoms with Crippen molar-refractivity contribution in [3.8, 4) is 11.4 Å². The Balaban J connectivity index is 1.43. The summed E-state index contributed by atoms with van der Waals surface area (Å²) in [4.78, 5) is 13.1. The van der Waals surface area contributed by atoms with Crippen molar-refractivity contribution in [1.29, 1.82) is 0 Å². The average molecular weight is 405 g/mol. The quantitative estimate of drug-likeness (QED) is 0.464. The summed E-state index contributed by atoms with van der Waals surface area (Å²) in [5.41, 5.74) is 1.93. The molecule has 0 spiro atoms. The Morgan fingerprint density at radius 3 is 2.74 bits per heavy atom. The van der Waals surface area contributed by atoms with Crippen molar-refractivity contribution in [2.24, 2.45) is 4.99 Å². The van der Waals surface area contributed by atoms with Crippen LogP contribution in [0.5, 0.6) is 0 Å². The lowest BCUT2D eigenvalue weighted by Crippen LogP contribution is -2.39. The maximum Gasteiger partial charge on any atom is 0.228 e. The number of aryl methyl sites for hydroxylation is 1. The van der Waals surface area contributed by atoms with Crippen molar-refractivity contribution >= 4 is 28.9 Å². The average Bonchev–Trinajstić information content (AvgIpc) is 3.29. The van der Waals surface area contributed by atoms with Gasteiger partial charge in [-0.15, -0.1) is 11.3 Å². The number of guanidine groups is 1. The minimum absolute atomic E-state index is 0.536. The summed E-state index contributed by atoms with van der Waals surface area (Å²) in [6.07, 6.45) is 1.46. The Morgan fingerprint density at radius 2 is 2.04 bits per heavy atom. The molecule has 0 aliphatic carbocycles. The minimum atomic E-state index is 0.536. The molecule has 2 N–H and O–H groups in total. The molecule has 0 radical (unpaired) electrons. The van der Waals surface area contributed by atoms with Gasteiger partial charge in [-0.05, 0) is 19.1 Å². The largest absolute Gasteiger partial charge is 0.356 e.